The predicted molar refractivity (Wildman–Crippen MR) is 203 cm³/mol. The van der Waals surface area contributed by atoms with Crippen molar-refractivity contribution in [2.75, 3.05) is 67.6 Å². The lowest BCUT2D eigenvalue weighted by Crippen LogP contribution is -2.49. The fraction of sp³-hybridized carbons (Fsp3) is 0.293. The van der Waals surface area contributed by atoms with Gasteiger partial charge in [0, 0.05) is 62.7 Å². The average Bonchev–Trinajstić information content (AvgIpc) is 3.76. The SMILES string of the molecule is NC[C@H]1CN(c2ccc(N3CCN(C(=O)CCC(=O)c4cccc(NNCC(=O)C(=O)OCC5c6ccccc6-c6ccccc65)c4)CC3)c(F)c2)C(=O)O1. The smallest absolute Gasteiger partial charge is 0.414 e. The number of carbonyl (C=O) groups is 5. The number of ether oxygens (including phenoxy) is 2. The summed E-state index contributed by atoms with van der Waals surface area (Å²) in [4.78, 5) is 68.2. The van der Waals surface area contributed by atoms with Gasteiger partial charge in [-0.3, -0.25) is 19.3 Å². The normalized spacial score (nSPS) is 16.4. The van der Waals surface area contributed by atoms with Crippen LogP contribution in [0.4, 0.5) is 26.2 Å². The van der Waals surface area contributed by atoms with Crippen LogP contribution in [-0.2, 0) is 23.9 Å². The second-order valence-corrected chi connectivity index (χ2v) is 13.6. The Morgan fingerprint density at radius 3 is 2.24 bits per heavy atom. The highest BCUT2D eigenvalue weighted by Crippen LogP contribution is 2.44. The number of nitrogens with zero attached hydrogens (tertiary/aromatic N) is 3. The summed E-state index contributed by atoms with van der Waals surface area (Å²) < 4.78 is 25.7. The Kier molecular flexibility index (Phi) is 11.2. The van der Waals surface area contributed by atoms with E-state index >= 15 is 4.39 Å². The van der Waals surface area contributed by atoms with Crippen molar-refractivity contribution >= 4 is 46.6 Å². The number of anilines is 3. The van der Waals surface area contributed by atoms with E-state index < -0.39 is 29.8 Å². The first-order valence-corrected chi connectivity index (χ1v) is 18.2. The number of esters is 1. The molecule has 1 atom stereocenters. The second-order valence-electron chi connectivity index (χ2n) is 13.6. The van der Waals surface area contributed by atoms with E-state index in [-0.39, 0.29) is 56.7 Å². The number of hydrazine groups is 1. The fourth-order valence-corrected chi connectivity index (χ4v) is 7.24. The third-order valence-corrected chi connectivity index (χ3v) is 10.2. The number of cyclic esters (lactones) is 1. The van der Waals surface area contributed by atoms with E-state index in [9.17, 15) is 24.0 Å². The molecule has 2 saturated heterocycles. The van der Waals surface area contributed by atoms with Gasteiger partial charge in [0.15, 0.2) is 5.78 Å². The van der Waals surface area contributed by atoms with Crippen LogP contribution in [0.3, 0.4) is 0 Å². The molecule has 0 aromatic heterocycles. The Morgan fingerprint density at radius 2 is 1.56 bits per heavy atom. The largest absolute Gasteiger partial charge is 0.459 e. The minimum atomic E-state index is -0.943. The lowest BCUT2D eigenvalue weighted by molar-refractivity contribution is -0.153. The topological polar surface area (TPSA) is 164 Å². The van der Waals surface area contributed by atoms with Crippen molar-refractivity contribution in [1.29, 1.82) is 0 Å². The lowest BCUT2D eigenvalue weighted by atomic mass is 9.98. The molecule has 55 heavy (non-hydrogen) atoms. The summed E-state index contributed by atoms with van der Waals surface area (Å²) in [5.74, 6) is -2.75. The van der Waals surface area contributed by atoms with Crippen LogP contribution in [0.5, 0.6) is 0 Å². The first kappa shape index (κ1) is 37.2. The predicted octanol–water partition coefficient (Wildman–Crippen LogP) is 4.26. The summed E-state index contributed by atoms with van der Waals surface area (Å²) >= 11 is 0. The molecule has 284 valence electrons. The fourth-order valence-electron chi connectivity index (χ4n) is 7.24. The van der Waals surface area contributed by atoms with Crippen molar-refractivity contribution in [1.82, 2.24) is 10.3 Å². The van der Waals surface area contributed by atoms with Crippen LogP contribution in [0.15, 0.2) is 91.0 Å². The van der Waals surface area contributed by atoms with E-state index in [1.54, 1.807) is 41.3 Å². The van der Waals surface area contributed by atoms with Gasteiger partial charge in [-0.25, -0.2) is 19.4 Å². The maximum absolute atomic E-state index is 15.1. The maximum Gasteiger partial charge on any atom is 0.414 e. The van der Waals surface area contributed by atoms with Crippen molar-refractivity contribution in [2.24, 2.45) is 5.73 Å². The molecule has 0 unspecified atom stereocenters. The molecule has 4 N–H and O–H groups in total. The Hall–Kier alpha value is -6.12. The van der Waals surface area contributed by atoms with Crippen molar-refractivity contribution in [3.63, 3.8) is 0 Å². The van der Waals surface area contributed by atoms with Gasteiger partial charge < -0.3 is 30.4 Å². The zero-order valence-electron chi connectivity index (χ0n) is 30.0. The van der Waals surface area contributed by atoms with Crippen LogP contribution < -0.4 is 26.4 Å². The molecule has 1 aliphatic carbocycles. The molecule has 0 radical (unpaired) electrons. The number of piperazine rings is 1. The summed E-state index contributed by atoms with van der Waals surface area (Å²) in [6.07, 6.45) is -0.984. The minimum absolute atomic E-state index is 0.00373. The Morgan fingerprint density at radius 1 is 0.855 bits per heavy atom. The number of Topliss-reactive ketones (excluding diaryl/α,β-unsaturated/α-hetero) is 2. The van der Waals surface area contributed by atoms with E-state index in [1.807, 2.05) is 53.4 Å². The van der Waals surface area contributed by atoms with Gasteiger partial charge in [-0.1, -0.05) is 60.7 Å². The van der Waals surface area contributed by atoms with Crippen LogP contribution >= 0.6 is 0 Å². The molecule has 13 nitrogen and oxygen atoms in total. The van der Waals surface area contributed by atoms with Crippen LogP contribution in [0.2, 0.25) is 0 Å². The molecule has 4 aromatic rings. The van der Waals surface area contributed by atoms with Crippen LogP contribution in [0.25, 0.3) is 11.1 Å². The second kappa shape index (κ2) is 16.5. The zero-order chi connectivity index (χ0) is 38.5. The van der Waals surface area contributed by atoms with Crippen LogP contribution in [-0.4, -0.2) is 93.0 Å². The van der Waals surface area contributed by atoms with Gasteiger partial charge in [-0.05, 0) is 52.6 Å². The highest BCUT2D eigenvalue weighted by molar-refractivity contribution is 6.34. The van der Waals surface area contributed by atoms with Gasteiger partial charge in [0.2, 0.25) is 5.91 Å². The number of halogens is 1. The van der Waals surface area contributed by atoms with E-state index in [4.69, 9.17) is 15.2 Å². The van der Waals surface area contributed by atoms with E-state index in [0.717, 1.165) is 22.3 Å². The first-order chi connectivity index (χ1) is 26.7. The molecule has 3 aliphatic rings. The number of amides is 2. The van der Waals surface area contributed by atoms with Gasteiger partial charge in [-0.15, -0.1) is 0 Å². The van der Waals surface area contributed by atoms with Crippen LogP contribution in [0, 0.1) is 5.82 Å². The third kappa shape index (κ3) is 8.20. The number of nitrogens with one attached hydrogen (secondary N) is 2. The summed E-state index contributed by atoms with van der Waals surface area (Å²) in [5.41, 5.74) is 17.1. The van der Waals surface area contributed by atoms with Crippen molar-refractivity contribution < 1.29 is 37.8 Å². The molecule has 14 heteroatoms. The number of ketones is 2. The summed E-state index contributed by atoms with van der Waals surface area (Å²) in [6, 6.07) is 27.1. The molecule has 2 amide bonds. The monoisotopic (exact) mass is 748 g/mol. The van der Waals surface area contributed by atoms with E-state index in [0.29, 0.717) is 48.8 Å². The molecule has 0 bridgehead atoms. The highest BCUT2D eigenvalue weighted by atomic mass is 19.1. The Balaban J connectivity index is 0.829. The number of hydrogen-bond donors (Lipinski definition) is 3. The van der Waals surface area contributed by atoms with Crippen molar-refractivity contribution in [3.05, 3.63) is 114 Å². The summed E-state index contributed by atoms with van der Waals surface area (Å²) in [6.45, 7) is 1.69. The standard InChI is InChI=1S/C41H41FN6O7/c42-35-21-28(48-24-29(22-43)55-41(48)53)12-13-36(35)46-16-18-47(19-17-46)39(51)15-14-37(49)26-6-5-7-27(20-26)45-44-23-38(50)40(52)54-25-34-32-10-3-1-8-30(32)31-9-2-4-11-33(31)34/h1-13,20-21,29,34,44-45H,14-19,22-25,43H2/t29-/m0/s1. The molecule has 4 aromatic carbocycles. The zero-order valence-corrected chi connectivity index (χ0v) is 30.0. The van der Waals surface area contributed by atoms with Gasteiger partial charge in [0.1, 0.15) is 18.5 Å². The van der Waals surface area contributed by atoms with Gasteiger partial charge in [0.25, 0.3) is 5.78 Å². The molecule has 0 spiro atoms. The number of nitrogens with two attached hydrogens (primary N) is 1. The molecule has 0 saturated carbocycles. The maximum atomic E-state index is 15.1. The number of fused-ring (bicyclic) bond motifs is 3. The van der Waals surface area contributed by atoms with Crippen molar-refractivity contribution in [3.8, 4) is 11.1 Å². The van der Waals surface area contributed by atoms with Crippen molar-refractivity contribution in [2.45, 2.75) is 24.9 Å². The summed E-state index contributed by atoms with van der Waals surface area (Å²) in [7, 11) is 0. The quantitative estimate of drug-likeness (QED) is 0.0731. The number of carbonyl (C=O) groups excluding carboxylic acids is 5. The lowest BCUT2D eigenvalue weighted by Gasteiger charge is -2.36. The molecular weight excluding hydrogens is 707 g/mol. The average molecular weight is 749 g/mol. The summed E-state index contributed by atoms with van der Waals surface area (Å²) in [5, 5.41) is 0. The van der Waals surface area contributed by atoms with E-state index in [1.165, 1.54) is 11.0 Å². The molecule has 2 fully saturated rings. The minimum Gasteiger partial charge on any atom is -0.459 e. The molecule has 7 rings (SSSR count). The van der Waals surface area contributed by atoms with Gasteiger partial charge >= 0.3 is 12.1 Å². The van der Waals surface area contributed by atoms with Gasteiger partial charge in [0.05, 0.1) is 24.5 Å². The molecule has 2 aliphatic heterocycles. The molecular formula is C41H41FN6O7. The number of rotatable bonds is 14. The first-order valence-electron chi connectivity index (χ1n) is 18.2. The number of benzene rings is 4. The van der Waals surface area contributed by atoms with Crippen LogP contribution in [0.1, 0.15) is 40.2 Å². The Labute approximate surface area is 317 Å². The third-order valence-electron chi connectivity index (χ3n) is 10.2. The Bertz CT molecular complexity index is 2070. The van der Waals surface area contributed by atoms with Gasteiger partial charge in [-0.2, -0.15) is 0 Å². The van der Waals surface area contributed by atoms with E-state index in [2.05, 4.69) is 10.9 Å². The molecule has 2 heterocycles. The highest BCUT2D eigenvalue weighted by Gasteiger charge is 2.33. The number of hydrogen-bond acceptors (Lipinski definition) is 11.